The molecule has 0 aliphatic heterocycles. The Labute approximate surface area is 120 Å². The van der Waals surface area contributed by atoms with Crippen molar-refractivity contribution in [3.63, 3.8) is 0 Å². The highest BCUT2D eigenvalue weighted by Gasteiger charge is 2.21. The summed E-state index contributed by atoms with van der Waals surface area (Å²) in [6.07, 6.45) is 2.84. The van der Waals surface area contributed by atoms with Gasteiger partial charge in [-0.15, -0.1) is 0 Å². The van der Waals surface area contributed by atoms with Crippen molar-refractivity contribution in [2.24, 2.45) is 0 Å². The Morgan fingerprint density at radius 2 is 2.05 bits per heavy atom. The van der Waals surface area contributed by atoms with Crippen LogP contribution in [0.25, 0.3) is 0 Å². The van der Waals surface area contributed by atoms with Crippen LogP contribution in [0.1, 0.15) is 43.5 Å². The molecule has 0 fully saturated rings. The third-order valence-electron chi connectivity index (χ3n) is 3.48. The Bertz CT molecular complexity index is 528. The molecule has 0 saturated carbocycles. The number of nitrogens with one attached hydrogen (secondary N) is 1. The van der Waals surface area contributed by atoms with Crippen molar-refractivity contribution in [1.29, 1.82) is 0 Å². The number of hydrogen-bond acceptors (Lipinski definition) is 2. The molecule has 2 aromatic rings. The fraction of sp³-hybridized carbons (Fsp3) is 0.353. The second kappa shape index (κ2) is 7.15. The SMILES string of the molecule is CCCNC(c1cccc(F)c1)C(C)c1ccccn1. The van der Waals surface area contributed by atoms with E-state index in [-0.39, 0.29) is 17.8 Å². The number of pyridine rings is 1. The number of aromatic nitrogens is 1. The van der Waals surface area contributed by atoms with E-state index in [1.165, 1.54) is 6.07 Å². The molecule has 0 aliphatic rings. The first-order valence-corrected chi connectivity index (χ1v) is 7.12. The molecule has 0 spiro atoms. The summed E-state index contributed by atoms with van der Waals surface area (Å²) in [7, 11) is 0. The number of rotatable bonds is 6. The monoisotopic (exact) mass is 272 g/mol. The van der Waals surface area contributed by atoms with Crippen molar-refractivity contribution in [3.8, 4) is 0 Å². The fourth-order valence-electron chi connectivity index (χ4n) is 2.40. The first kappa shape index (κ1) is 14.7. The van der Waals surface area contributed by atoms with Gasteiger partial charge in [0.1, 0.15) is 5.82 Å². The minimum absolute atomic E-state index is 0.0700. The molecule has 2 unspecified atom stereocenters. The van der Waals surface area contributed by atoms with Gasteiger partial charge in [-0.05, 0) is 42.8 Å². The third-order valence-corrected chi connectivity index (χ3v) is 3.48. The van der Waals surface area contributed by atoms with E-state index < -0.39 is 0 Å². The molecule has 0 bridgehead atoms. The second-order valence-corrected chi connectivity index (χ2v) is 5.03. The van der Waals surface area contributed by atoms with Crippen molar-refractivity contribution in [2.45, 2.75) is 32.2 Å². The van der Waals surface area contributed by atoms with Crippen molar-refractivity contribution in [1.82, 2.24) is 10.3 Å². The lowest BCUT2D eigenvalue weighted by Gasteiger charge is -2.25. The molecule has 1 aromatic heterocycles. The van der Waals surface area contributed by atoms with Gasteiger partial charge in [-0.2, -0.15) is 0 Å². The maximum Gasteiger partial charge on any atom is 0.123 e. The average Bonchev–Trinajstić information content (AvgIpc) is 2.48. The van der Waals surface area contributed by atoms with Gasteiger partial charge >= 0.3 is 0 Å². The van der Waals surface area contributed by atoms with Crippen LogP contribution in [-0.4, -0.2) is 11.5 Å². The molecule has 1 aromatic carbocycles. The van der Waals surface area contributed by atoms with Crippen LogP contribution in [0, 0.1) is 5.82 Å². The van der Waals surface area contributed by atoms with Crippen LogP contribution >= 0.6 is 0 Å². The molecule has 2 rings (SSSR count). The first-order chi connectivity index (χ1) is 9.72. The summed E-state index contributed by atoms with van der Waals surface area (Å²) in [6, 6.07) is 12.8. The van der Waals surface area contributed by atoms with Crippen molar-refractivity contribution < 1.29 is 4.39 Å². The van der Waals surface area contributed by atoms with Crippen molar-refractivity contribution in [3.05, 3.63) is 65.7 Å². The summed E-state index contributed by atoms with van der Waals surface area (Å²) in [5.41, 5.74) is 1.99. The maximum atomic E-state index is 13.5. The van der Waals surface area contributed by atoms with Gasteiger partial charge in [0.25, 0.3) is 0 Å². The Balaban J connectivity index is 2.27. The Kier molecular flexibility index (Phi) is 5.24. The summed E-state index contributed by atoms with van der Waals surface area (Å²) in [5, 5.41) is 3.50. The molecule has 20 heavy (non-hydrogen) atoms. The summed E-state index contributed by atoms with van der Waals surface area (Å²) in [6.45, 7) is 5.15. The summed E-state index contributed by atoms with van der Waals surface area (Å²) >= 11 is 0. The topological polar surface area (TPSA) is 24.9 Å². The smallest absolute Gasteiger partial charge is 0.123 e. The summed E-state index contributed by atoms with van der Waals surface area (Å²) in [5.74, 6) is -0.0106. The van der Waals surface area contributed by atoms with Crippen LogP contribution in [0.3, 0.4) is 0 Å². The largest absolute Gasteiger partial charge is 0.309 e. The second-order valence-electron chi connectivity index (χ2n) is 5.03. The molecule has 3 heteroatoms. The molecule has 0 radical (unpaired) electrons. The number of halogens is 1. The van der Waals surface area contributed by atoms with Crippen molar-refractivity contribution >= 4 is 0 Å². The number of nitrogens with zero attached hydrogens (tertiary/aromatic N) is 1. The quantitative estimate of drug-likeness (QED) is 0.857. The first-order valence-electron chi connectivity index (χ1n) is 7.12. The lowest BCUT2D eigenvalue weighted by atomic mass is 9.91. The molecular formula is C17H21FN2. The maximum absolute atomic E-state index is 13.5. The van der Waals surface area contributed by atoms with Gasteiger partial charge in [-0.3, -0.25) is 4.98 Å². The van der Waals surface area contributed by atoms with Gasteiger partial charge in [0.05, 0.1) is 0 Å². The van der Waals surface area contributed by atoms with Gasteiger partial charge in [0, 0.05) is 23.9 Å². The molecule has 106 valence electrons. The van der Waals surface area contributed by atoms with Gasteiger partial charge in [-0.25, -0.2) is 4.39 Å². The van der Waals surface area contributed by atoms with Gasteiger partial charge in [0.15, 0.2) is 0 Å². The standard InChI is InChI=1S/C17H21FN2/c1-3-10-20-17(14-7-6-8-15(18)12-14)13(2)16-9-4-5-11-19-16/h4-9,11-13,17,20H,3,10H2,1-2H3. The third kappa shape index (κ3) is 3.64. The summed E-state index contributed by atoms with van der Waals surface area (Å²) < 4.78 is 13.5. The minimum atomic E-state index is -0.195. The minimum Gasteiger partial charge on any atom is -0.309 e. The predicted molar refractivity (Wildman–Crippen MR) is 80.1 cm³/mol. The molecule has 0 aliphatic carbocycles. The van der Waals surface area contributed by atoms with Crippen LogP contribution in [0.2, 0.25) is 0 Å². The lowest BCUT2D eigenvalue weighted by molar-refractivity contribution is 0.457. The van der Waals surface area contributed by atoms with Crippen LogP contribution in [0.4, 0.5) is 4.39 Å². The van der Waals surface area contributed by atoms with E-state index in [0.717, 1.165) is 24.2 Å². The van der Waals surface area contributed by atoms with E-state index in [2.05, 4.69) is 24.1 Å². The molecule has 1 N–H and O–H groups in total. The zero-order valence-corrected chi connectivity index (χ0v) is 12.0. The van der Waals surface area contributed by atoms with Crippen LogP contribution in [0.15, 0.2) is 48.7 Å². The van der Waals surface area contributed by atoms with E-state index in [1.54, 1.807) is 18.3 Å². The van der Waals surface area contributed by atoms with Crippen LogP contribution in [-0.2, 0) is 0 Å². The van der Waals surface area contributed by atoms with Crippen LogP contribution < -0.4 is 5.32 Å². The molecular weight excluding hydrogens is 251 g/mol. The highest BCUT2D eigenvalue weighted by atomic mass is 19.1. The molecule has 1 heterocycles. The van der Waals surface area contributed by atoms with Crippen LogP contribution in [0.5, 0.6) is 0 Å². The molecule has 2 atom stereocenters. The van der Waals surface area contributed by atoms with Crippen molar-refractivity contribution in [2.75, 3.05) is 6.54 Å². The molecule has 0 saturated heterocycles. The normalized spacial score (nSPS) is 13.9. The molecule has 2 nitrogen and oxygen atoms in total. The average molecular weight is 272 g/mol. The summed E-state index contributed by atoms with van der Waals surface area (Å²) in [4.78, 5) is 4.42. The van der Waals surface area contributed by atoms with E-state index in [1.807, 2.05) is 24.3 Å². The Morgan fingerprint density at radius 1 is 1.20 bits per heavy atom. The fourth-order valence-corrected chi connectivity index (χ4v) is 2.40. The van der Waals surface area contributed by atoms with Gasteiger partial charge in [0.2, 0.25) is 0 Å². The van der Waals surface area contributed by atoms with Gasteiger partial charge in [-0.1, -0.05) is 32.0 Å². The van der Waals surface area contributed by atoms with E-state index in [4.69, 9.17) is 0 Å². The number of benzene rings is 1. The van der Waals surface area contributed by atoms with E-state index >= 15 is 0 Å². The van der Waals surface area contributed by atoms with Gasteiger partial charge < -0.3 is 5.32 Å². The lowest BCUT2D eigenvalue weighted by Crippen LogP contribution is -2.27. The zero-order chi connectivity index (χ0) is 14.4. The molecule has 0 amide bonds. The highest BCUT2D eigenvalue weighted by Crippen LogP contribution is 2.29. The Hall–Kier alpha value is -1.74. The zero-order valence-electron chi connectivity index (χ0n) is 12.0. The highest BCUT2D eigenvalue weighted by molar-refractivity contribution is 5.25. The predicted octanol–water partition coefficient (Wildman–Crippen LogP) is 4.07. The van der Waals surface area contributed by atoms with E-state index in [9.17, 15) is 4.39 Å². The Morgan fingerprint density at radius 3 is 2.70 bits per heavy atom. The number of hydrogen-bond donors (Lipinski definition) is 1. The van der Waals surface area contributed by atoms with E-state index in [0.29, 0.717) is 0 Å².